The van der Waals surface area contributed by atoms with Crippen LogP contribution < -0.4 is 14.7 Å². The van der Waals surface area contributed by atoms with Crippen LogP contribution in [-0.4, -0.2) is 54.2 Å². The van der Waals surface area contributed by atoms with Crippen molar-refractivity contribution in [2.75, 3.05) is 54.0 Å². The van der Waals surface area contributed by atoms with Crippen molar-refractivity contribution in [1.82, 2.24) is 15.0 Å². The molecule has 1 aromatic heterocycles. The van der Waals surface area contributed by atoms with E-state index in [2.05, 4.69) is 42.4 Å². The van der Waals surface area contributed by atoms with Crippen molar-refractivity contribution in [2.24, 2.45) is 11.8 Å². The molecule has 3 rings (SSSR count). The van der Waals surface area contributed by atoms with Gasteiger partial charge in [0, 0.05) is 39.3 Å². The van der Waals surface area contributed by atoms with Crippen molar-refractivity contribution < 1.29 is 0 Å². The van der Waals surface area contributed by atoms with Gasteiger partial charge in [-0.25, -0.2) is 0 Å². The molecule has 0 saturated carbocycles. The summed E-state index contributed by atoms with van der Waals surface area (Å²) >= 11 is 0. The lowest BCUT2D eigenvalue weighted by Crippen LogP contribution is -2.38. The standard InChI is InChI=1S/C19H34N6/c1-5-23(6-2)17-20-18(24-11-7-15(3)8-12-24)22-19(21-17)25-13-9-16(4)10-14-25/h15-16H,5-14H2,1-4H3. The first-order chi connectivity index (χ1) is 12.1. The van der Waals surface area contributed by atoms with Crippen molar-refractivity contribution in [3.8, 4) is 0 Å². The normalized spacial score (nSPS) is 20.2. The topological polar surface area (TPSA) is 48.4 Å². The van der Waals surface area contributed by atoms with Gasteiger partial charge >= 0.3 is 0 Å². The van der Waals surface area contributed by atoms with Gasteiger partial charge in [-0.2, -0.15) is 15.0 Å². The van der Waals surface area contributed by atoms with E-state index in [0.29, 0.717) is 0 Å². The van der Waals surface area contributed by atoms with E-state index < -0.39 is 0 Å². The molecule has 2 fully saturated rings. The molecule has 25 heavy (non-hydrogen) atoms. The number of rotatable bonds is 5. The van der Waals surface area contributed by atoms with E-state index >= 15 is 0 Å². The maximum Gasteiger partial charge on any atom is 0.231 e. The molecule has 0 spiro atoms. The summed E-state index contributed by atoms with van der Waals surface area (Å²) in [5.41, 5.74) is 0. The minimum atomic E-state index is 0.809. The van der Waals surface area contributed by atoms with Crippen molar-refractivity contribution in [3.63, 3.8) is 0 Å². The Bertz CT molecular complexity index is 503. The Hall–Kier alpha value is -1.59. The van der Waals surface area contributed by atoms with Gasteiger partial charge in [0.05, 0.1) is 0 Å². The summed E-state index contributed by atoms with van der Waals surface area (Å²) in [5, 5.41) is 0. The summed E-state index contributed by atoms with van der Waals surface area (Å²) in [5.74, 6) is 4.20. The van der Waals surface area contributed by atoms with Gasteiger partial charge in [-0.15, -0.1) is 0 Å². The molecule has 0 aromatic carbocycles. The van der Waals surface area contributed by atoms with Crippen LogP contribution in [0.25, 0.3) is 0 Å². The smallest absolute Gasteiger partial charge is 0.231 e. The van der Waals surface area contributed by atoms with Crippen LogP contribution >= 0.6 is 0 Å². The Morgan fingerprint density at radius 1 is 0.760 bits per heavy atom. The third-order valence-corrected chi connectivity index (χ3v) is 5.78. The molecule has 6 nitrogen and oxygen atoms in total. The zero-order valence-electron chi connectivity index (χ0n) is 16.4. The molecule has 0 radical (unpaired) electrons. The predicted molar refractivity (Wildman–Crippen MR) is 105 cm³/mol. The fourth-order valence-corrected chi connectivity index (χ4v) is 3.69. The second-order valence-electron chi connectivity index (χ2n) is 7.75. The molecule has 1 aromatic rings. The van der Waals surface area contributed by atoms with Crippen LogP contribution in [-0.2, 0) is 0 Å². The third kappa shape index (κ3) is 4.33. The molecule has 2 aliphatic rings. The Balaban J connectivity index is 1.88. The van der Waals surface area contributed by atoms with E-state index in [1.165, 1.54) is 25.7 Å². The summed E-state index contributed by atoms with van der Waals surface area (Å²) in [4.78, 5) is 21.5. The molecular formula is C19H34N6. The zero-order valence-corrected chi connectivity index (χ0v) is 16.4. The van der Waals surface area contributed by atoms with Gasteiger partial charge in [-0.05, 0) is 51.4 Å². The van der Waals surface area contributed by atoms with Crippen LogP contribution in [0.3, 0.4) is 0 Å². The van der Waals surface area contributed by atoms with Gasteiger partial charge < -0.3 is 14.7 Å². The highest BCUT2D eigenvalue weighted by Gasteiger charge is 2.24. The van der Waals surface area contributed by atoms with Gasteiger partial charge in [0.1, 0.15) is 0 Å². The lowest BCUT2D eigenvalue weighted by atomic mass is 9.99. The third-order valence-electron chi connectivity index (χ3n) is 5.78. The lowest BCUT2D eigenvalue weighted by Gasteiger charge is -2.34. The van der Waals surface area contributed by atoms with Crippen molar-refractivity contribution >= 4 is 17.8 Å². The molecule has 2 saturated heterocycles. The maximum atomic E-state index is 4.88. The second-order valence-corrected chi connectivity index (χ2v) is 7.75. The van der Waals surface area contributed by atoms with Crippen LogP contribution in [0.15, 0.2) is 0 Å². The van der Waals surface area contributed by atoms with Gasteiger partial charge in [-0.1, -0.05) is 13.8 Å². The van der Waals surface area contributed by atoms with Gasteiger partial charge in [-0.3, -0.25) is 0 Å². The van der Waals surface area contributed by atoms with Crippen LogP contribution in [0, 0.1) is 11.8 Å². The Morgan fingerprint density at radius 3 is 1.52 bits per heavy atom. The number of hydrogen-bond donors (Lipinski definition) is 0. The lowest BCUT2D eigenvalue weighted by molar-refractivity contribution is 0.429. The number of hydrogen-bond acceptors (Lipinski definition) is 6. The summed E-state index contributed by atoms with van der Waals surface area (Å²) in [6.45, 7) is 15.1. The zero-order chi connectivity index (χ0) is 17.8. The second kappa shape index (κ2) is 8.19. The molecule has 0 amide bonds. The van der Waals surface area contributed by atoms with Crippen LogP contribution in [0.2, 0.25) is 0 Å². The monoisotopic (exact) mass is 346 g/mol. The molecule has 3 heterocycles. The highest BCUT2D eigenvalue weighted by atomic mass is 15.4. The average Bonchev–Trinajstić information content (AvgIpc) is 2.64. The Morgan fingerprint density at radius 2 is 1.16 bits per heavy atom. The SMILES string of the molecule is CCN(CC)c1nc(N2CCC(C)CC2)nc(N2CCC(C)CC2)n1. The molecular weight excluding hydrogens is 312 g/mol. The largest absolute Gasteiger partial charge is 0.341 e. The maximum absolute atomic E-state index is 4.88. The van der Waals surface area contributed by atoms with E-state index in [-0.39, 0.29) is 0 Å². The van der Waals surface area contributed by atoms with Crippen LogP contribution in [0.1, 0.15) is 53.4 Å². The highest BCUT2D eigenvalue weighted by Crippen LogP contribution is 2.26. The molecule has 0 aliphatic carbocycles. The van der Waals surface area contributed by atoms with Gasteiger partial charge in [0.15, 0.2) is 0 Å². The van der Waals surface area contributed by atoms with E-state index in [1.54, 1.807) is 0 Å². The van der Waals surface area contributed by atoms with Crippen molar-refractivity contribution in [3.05, 3.63) is 0 Å². The number of piperidine rings is 2. The van der Waals surface area contributed by atoms with E-state index in [1.807, 2.05) is 0 Å². The summed E-state index contributed by atoms with van der Waals surface area (Å²) < 4.78 is 0. The fourth-order valence-electron chi connectivity index (χ4n) is 3.69. The van der Waals surface area contributed by atoms with Gasteiger partial charge in [0.25, 0.3) is 0 Å². The van der Waals surface area contributed by atoms with Crippen molar-refractivity contribution in [2.45, 2.75) is 53.4 Å². The van der Waals surface area contributed by atoms with Crippen LogP contribution in [0.4, 0.5) is 17.8 Å². The quantitative estimate of drug-likeness (QED) is 0.816. The Kier molecular flexibility index (Phi) is 5.97. The number of nitrogens with zero attached hydrogens (tertiary/aromatic N) is 6. The molecule has 140 valence electrons. The summed E-state index contributed by atoms with van der Waals surface area (Å²) in [7, 11) is 0. The minimum absolute atomic E-state index is 0.809. The molecule has 0 bridgehead atoms. The molecule has 0 atom stereocenters. The Labute approximate surface area is 152 Å². The summed E-state index contributed by atoms with van der Waals surface area (Å²) in [6.07, 6.45) is 4.90. The predicted octanol–water partition coefficient (Wildman–Crippen LogP) is 3.19. The first-order valence-electron chi connectivity index (χ1n) is 10.1. The molecule has 0 unspecified atom stereocenters. The van der Waals surface area contributed by atoms with Gasteiger partial charge in [0.2, 0.25) is 17.8 Å². The minimum Gasteiger partial charge on any atom is -0.341 e. The van der Waals surface area contributed by atoms with Crippen LogP contribution in [0.5, 0.6) is 0 Å². The first kappa shape index (κ1) is 18.2. The van der Waals surface area contributed by atoms with E-state index in [9.17, 15) is 0 Å². The van der Waals surface area contributed by atoms with E-state index in [0.717, 1.165) is 68.9 Å². The fraction of sp³-hybridized carbons (Fsp3) is 0.842. The van der Waals surface area contributed by atoms with Crippen molar-refractivity contribution in [1.29, 1.82) is 0 Å². The number of aromatic nitrogens is 3. The number of anilines is 3. The average molecular weight is 347 g/mol. The molecule has 2 aliphatic heterocycles. The highest BCUT2D eigenvalue weighted by molar-refractivity contribution is 5.47. The van der Waals surface area contributed by atoms with E-state index in [4.69, 9.17) is 15.0 Å². The first-order valence-corrected chi connectivity index (χ1v) is 10.1. The molecule has 0 N–H and O–H groups in total. The summed E-state index contributed by atoms with van der Waals surface area (Å²) in [6, 6.07) is 0. The molecule has 6 heteroatoms.